The second-order valence-electron chi connectivity index (χ2n) is 6.50. The first-order valence-electron chi connectivity index (χ1n) is 9.19. The van der Waals surface area contributed by atoms with Crippen molar-refractivity contribution in [3.8, 4) is 10.7 Å². The standard InChI is InChI=1S/C20H18N6O3S2/c1-25(16-8-3-2-4-9-16)31(28,29)17-10-5-7-15(13-17)21-19(27)14-26-23-20(22-24-26)18-11-6-12-30-18/h2-13H,14H2,1H3,(H,21,27). The molecule has 0 fully saturated rings. The molecule has 0 unspecified atom stereocenters. The molecule has 1 N–H and O–H groups in total. The largest absolute Gasteiger partial charge is 0.324 e. The van der Waals surface area contributed by atoms with Crippen molar-refractivity contribution in [1.82, 2.24) is 20.2 Å². The van der Waals surface area contributed by atoms with E-state index in [1.807, 2.05) is 23.6 Å². The number of benzene rings is 2. The smallest absolute Gasteiger partial charge is 0.264 e. The lowest BCUT2D eigenvalue weighted by atomic mass is 10.3. The Kier molecular flexibility index (Phi) is 5.78. The van der Waals surface area contributed by atoms with Crippen LogP contribution in [-0.4, -0.2) is 41.6 Å². The lowest BCUT2D eigenvalue weighted by Crippen LogP contribution is -2.26. The monoisotopic (exact) mass is 454 g/mol. The van der Waals surface area contributed by atoms with E-state index in [4.69, 9.17) is 0 Å². The number of para-hydroxylation sites is 1. The lowest BCUT2D eigenvalue weighted by molar-refractivity contribution is -0.117. The van der Waals surface area contributed by atoms with Gasteiger partial charge >= 0.3 is 0 Å². The highest BCUT2D eigenvalue weighted by Crippen LogP contribution is 2.24. The number of nitrogens with zero attached hydrogens (tertiary/aromatic N) is 5. The van der Waals surface area contributed by atoms with Crippen LogP contribution in [0.1, 0.15) is 0 Å². The Balaban J connectivity index is 1.46. The van der Waals surface area contributed by atoms with Gasteiger partial charge in [-0.1, -0.05) is 30.3 Å². The zero-order valence-corrected chi connectivity index (χ0v) is 18.0. The van der Waals surface area contributed by atoms with E-state index in [9.17, 15) is 13.2 Å². The molecule has 2 heterocycles. The fraction of sp³-hybridized carbons (Fsp3) is 0.100. The van der Waals surface area contributed by atoms with Crippen LogP contribution in [0.5, 0.6) is 0 Å². The van der Waals surface area contributed by atoms with E-state index in [2.05, 4.69) is 20.7 Å². The number of aromatic nitrogens is 4. The zero-order valence-electron chi connectivity index (χ0n) is 16.4. The molecular formula is C20H18N6O3S2. The molecular weight excluding hydrogens is 436 g/mol. The Hall–Kier alpha value is -3.57. The van der Waals surface area contributed by atoms with Crippen molar-refractivity contribution in [2.24, 2.45) is 0 Å². The van der Waals surface area contributed by atoms with Gasteiger partial charge in [0, 0.05) is 12.7 Å². The average Bonchev–Trinajstić information content (AvgIpc) is 3.46. The third-order valence-electron chi connectivity index (χ3n) is 4.38. The molecule has 0 bridgehead atoms. The number of tetrazole rings is 1. The number of amides is 1. The van der Waals surface area contributed by atoms with Gasteiger partial charge in [-0.25, -0.2) is 8.42 Å². The molecule has 0 aliphatic carbocycles. The maximum atomic E-state index is 13.0. The summed E-state index contributed by atoms with van der Waals surface area (Å²) in [4.78, 5) is 14.5. The summed E-state index contributed by atoms with van der Waals surface area (Å²) in [7, 11) is -2.30. The molecule has 0 spiro atoms. The highest BCUT2D eigenvalue weighted by Gasteiger charge is 2.21. The van der Waals surface area contributed by atoms with Crippen molar-refractivity contribution in [3.63, 3.8) is 0 Å². The van der Waals surface area contributed by atoms with Crippen LogP contribution in [0.3, 0.4) is 0 Å². The van der Waals surface area contributed by atoms with Crippen molar-refractivity contribution in [2.45, 2.75) is 11.4 Å². The minimum atomic E-state index is -3.79. The number of thiophene rings is 1. The van der Waals surface area contributed by atoms with Gasteiger partial charge in [-0.2, -0.15) is 4.80 Å². The van der Waals surface area contributed by atoms with E-state index in [0.29, 0.717) is 17.2 Å². The van der Waals surface area contributed by atoms with E-state index in [1.54, 1.807) is 36.4 Å². The van der Waals surface area contributed by atoms with Gasteiger partial charge in [-0.3, -0.25) is 9.10 Å². The van der Waals surface area contributed by atoms with Gasteiger partial charge in [0.2, 0.25) is 11.7 Å². The average molecular weight is 455 g/mol. The number of carbonyl (C=O) groups excluding carboxylic acids is 1. The molecule has 0 aliphatic heterocycles. The molecule has 1 amide bonds. The SMILES string of the molecule is CN(c1ccccc1)S(=O)(=O)c1cccc(NC(=O)Cn2nnc(-c3cccs3)n2)c1. The molecule has 2 aromatic heterocycles. The van der Waals surface area contributed by atoms with E-state index < -0.39 is 15.9 Å². The second kappa shape index (κ2) is 8.66. The summed E-state index contributed by atoms with van der Waals surface area (Å²) in [6.07, 6.45) is 0. The van der Waals surface area contributed by atoms with Crippen molar-refractivity contribution < 1.29 is 13.2 Å². The summed E-state index contributed by atoms with van der Waals surface area (Å²) < 4.78 is 27.1. The number of carbonyl (C=O) groups is 1. The highest BCUT2D eigenvalue weighted by atomic mass is 32.2. The van der Waals surface area contributed by atoms with Crippen molar-refractivity contribution in [3.05, 3.63) is 72.1 Å². The lowest BCUT2D eigenvalue weighted by Gasteiger charge is -2.19. The number of sulfonamides is 1. The molecule has 31 heavy (non-hydrogen) atoms. The molecule has 0 aliphatic rings. The Morgan fingerprint density at radius 3 is 2.65 bits per heavy atom. The van der Waals surface area contributed by atoms with E-state index in [1.165, 1.54) is 39.6 Å². The molecule has 2 aromatic carbocycles. The van der Waals surface area contributed by atoms with Crippen LogP contribution in [0.25, 0.3) is 10.7 Å². The quantitative estimate of drug-likeness (QED) is 0.460. The summed E-state index contributed by atoms with van der Waals surface area (Å²) in [5.41, 5.74) is 0.891. The molecule has 9 nitrogen and oxygen atoms in total. The van der Waals surface area contributed by atoms with Gasteiger partial charge in [-0.05, 0) is 47.0 Å². The predicted octanol–water partition coefficient (Wildman–Crippen LogP) is 2.87. The maximum absolute atomic E-state index is 13.0. The predicted molar refractivity (Wildman–Crippen MR) is 118 cm³/mol. The summed E-state index contributed by atoms with van der Waals surface area (Å²) in [5.74, 6) is 0.0425. The fourth-order valence-corrected chi connectivity index (χ4v) is 4.70. The van der Waals surface area contributed by atoms with Gasteiger partial charge in [-0.15, -0.1) is 21.5 Å². The van der Waals surface area contributed by atoms with Gasteiger partial charge in [0.1, 0.15) is 6.54 Å². The molecule has 0 atom stereocenters. The first-order chi connectivity index (χ1) is 14.9. The fourth-order valence-electron chi connectivity index (χ4n) is 2.81. The maximum Gasteiger partial charge on any atom is 0.264 e. The minimum Gasteiger partial charge on any atom is -0.324 e. The summed E-state index contributed by atoms with van der Waals surface area (Å²) in [5, 5.41) is 16.6. The van der Waals surface area contributed by atoms with Crippen LogP contribution < -0.4 is 9.62 Å². The first-order valence-corrected chi connectivity index (χ1v) is 11.5. The number of nitrogens with one attached hydrogen (secondary N) is 1. The third kappa shape index (κ3) is 4.62. The number of hydrogen-bond acceptors (Lipinski definition) is 7. The number of rotatable bonds is 7. The Bertz CT molecular complexity index is 1290. The molecule has 4 rings (SSSR count). The van der Waals surface area contributed by atoms with Crippen molar-refractivity contribution in [1.29, 1.82) is 0 Å². The summed E-state index contributed by atoms with van der Waals surface area (Å²) in [6.45, 7) is -0.154. The molecule has 0 saturated carbocycles. The summed E-state index contributed by atoms with van der Waals surface area (Å²) in [6, 6.07) is 18.6. The van der Waals surface area contributed by atoms with Gasteiger partial charge in [0.15, 0.2) is 0 Å². The van der Waals surface area contributed by atoms with Crippen molar-refractivity contribution in [2.75, 3.05) is 16.7 Å². The van der Waals surface area contributed by atoms with Gasteiger partial charge in [0.05, 0.1) is 15.5 Å². The van der Waals surface area contributed by atoms with Gasteiger partial charge in [0.25, 0.3) is 10.0 Å². The first kappa shape index (κ1) is 20.7. The molecule has 11 heteroatoms. The normalized spacial score (nSPS) is 11.3. The third-order valence-corrected chi connectivity index (χ3v) is 7.02. The number of hydrogen-bond donors (Lipinski definition) is 1. The van der Waals surface area contributed by atoms with Gasteiger partial charge < -0.3 is 5.32 Å². The van der Waals surface area contributed by atoms with Crippen LogP contribution in [0.4, 0.5) is 11.4 Å². The molecule has 4 aromatic rings. The molecule has 0 saturated heterocycles. The van der Waals surface area contributed by atoms with Crippen LogP contribution in [-0.2, 0) is 21.4 Å². The van der Waals surface area contributed by atoms with Crippen LogP contribution in [0, 0.1) is 0 Å². The Labute approximate surface area is 183 Å². The Morgan fingerprint density at radius 2 is 1.90 bits per heavy atom. The zero-order chi connectivity index (χ0) is 21.8. The van der Waals surface area contributed by atoms with Crippen LogP contribution >= 0.6 is 11.3 Å². The van der Waals surface area contributed by atoms with E-state index in [-0.39, 0.29) is 11.4 Å². The molecule has 158 valence electrons. The van der Waals surface area contributed by atoms with Crippen LogP contribution in [0.15, 0.2) is 77.0 Å². The summed E-state index contributed by atoms with van der Waals surface area (Å²) >= 11 is 1.48. The molecule has 0 radical (unpaired) electrons. The Morgan fingerprint density at radius 1 is 1.10 bits per heavy atom. The van der Waals surface area contributed by atoms with Crippen molar-refractivity contribution >= 4 is 38.6 Å². The van der Waals surface area contributed by atoms with E-state index in [0.717, 1.165) is 4.88 Å². The van der Waals surface area contributed by atoms with E-state index >= 15 is 0 Å². The minimum absolute atomic E-state index is 0.0653. The van der Waals surface area contributed by atoms with Crippen LogP contribution in [0.2, 0.25) is 0 Å². The number of anilines is 2. The second-order valence-corrected chi connectivity index (χ2v) is 9.42. The highest BCUT2D eigenvalue weighted by molar-refractivity contribution is 7.92. The topological polar surface area (TPSA) is 110 Å².